The molecule has 5 nitrogen and oxygen atoms in total. The van der Waals surface area contributed by atoms with Crippen LogP contribution in [0, 0.1) is 18.2 Å². The van der Waals surface area contributed by atoms with Crippen LogP contribution >= 0.6 is 0 Å². The van der Waals surface area contributed by atoms with E-state index in [1.54, 1.807) is 0 Å². The van der Waals surface area contributed by atoms with E-state index in [0.29, 0.717) is 18.4 Å². The van der Waals surface area contributed by atoms with Crippen molar-refractivity contribution in [2.24, 2.45) is 5.73 Å². The molecule has 0 aliphatic carbocycles. The summed E-state index contributed by atoms with van der Waals surface area (Å²) in [6.45, 7) is 1.73. The number of halogens is 1. The third-order valence-electron chi connectivity index (χ3n) is 2.34. The number of hydrogen-bond donors (Lipinski definition) is 3. The summed E-state index contributed by atoms with van der Waals surface area (Å²) in [5.74, 6) is -0.449. The predicted octanol–water partition coefficient (Wildman–Crippen LogP) is 1.13. The molecule has 0 saturated carbocycles. The number of aryl methyl sites for hydroxylation is 1. The first-order valence-electron chi connectivity index (χ1n) is 5.41. The van der Waals surface area contributed by atoms with E-state index in [9.17, 15) is 12.8 Å². The lowest BCUT2D eigenvalue weighted by Gasteiger charge is -2.09. The number of nitrogens with one attached hydrogen (secondary N) is 2. The number of hydrogen-bond acceptors (Lipinski definition) is 3. The summed E-state index contributed by atoms with van der Waals surface area (Å²) in [6, 6.07) is 3.51. The van der Waals surface area contributed by atoms with Gasteiger partial charge in [-0.05, 0) is 37.1 Å². The van der Waals surface area contributed by atoms with E-state index in [-0.39, 0.29) is 17.3 Å². The van der Waals surface area contributed by atoms with Crippen LogP contribution in [0.5, 0.6) is 0 Å². The van der Waals surface area contributed by atoms with Gasteiger partial charge in [0.25, 0.3) is 0 Å². The number of rotatable bonds is 6. The standard InChI is InChI=1S/C11H16FN3O2S/c1-8-7-9(12)4-5-10(8)18(16,17)15-6-2-3-11(13)14/h4-5,7,15H,2-3,6H2,1H3,(H3,13,14). The molecule has 0 unspecified atom stereocenters. The largest absolute Gasteiger partial charge is 0.388 e. The SMILES string of the molecule is Cc1cc(F)ccc1S(=O)(=O)NCCCC(=N)N. The molecule has 0 atom stereocenters. The van der Waals surface area contributed by atoms with Crippen molar-refractivity contribution in [1.82, 2.24) is 4.72 Å². The van der Waals surface area contributed by atoms with Gasteiger partial charge < -0.3 is 5.73 Å². The van der Waals surface area contributed by atoms with Gasteiger partial charge in [-0.1, -0.05) is 0 Å². The Labute approximate surface area is 106 Å². The zero-order valence-corrected chi connectivity index (χ0v) is 10.8. The first-order valence-corrected chi connectivity index (χ1v) is 6.90. The molecule has 18 heavy (non-hydrogen) atoms. The van der Waals surface area contributed by atoms with Crippen molar-refractivity contribution in [2.45, 2.75) is 24.7 Å². The van der Waals surface area contributed by atoms with Gasteiger partial charge in [-0.15, -0.1) is 0 Å². The molecule has 0 spiro atoms. The van der Waals surface area contributed by atoms with Gasteiger partial charge in [-0.3, -0.25) is 5.41 Å². The molecule has 1 aromatic rings. The van der Waals surface area contributed by atoms with E-state index in [1.807, 2.05) is 0 Å². The predicted molar refractivity (Wildman–Crippen MR) is 67.5 cm³/mol. The Bertz CT molecular complexity index is 543. The fraction of sp³-hybridized carbons (Fsp3) is 0.364. The smallest absolute Gasteiger partial charge is 0.240 e. The molecule has 0 fully saturated rings. The van der Waals surface area contributed by atoms with E-state index < -0.39 is 15.8 Å². The topological polar surface area (TPSA) is 96.0 Å². The molecule has 0 heterocycles. The highest BCUT2D eigenvalue weighted by molar-refractivity contribution is 7.89. The maximum absolute atomic E-state index is 12.9. The van der Waals surface area contributed by atoms with Crippen LogP contribution in [0.1, 0.15) is 18.4 Å². The minimum absolute atomic E-state index is 0.0205. The lowest BCUT2D eigenvalue weighted by Crippen LogP contribution is -2.26. The van der Waals surface area contributed by atoms with Crippen molar-refractivity contribution in [3.8, 4) is 0 Å². The molecule has 0 radical (unpaired) electrons. The van der Waals surface area contributed by atoms with Crippen molar-refractivity contribution >= 4 is 15.9 Å². The number of benzene rings is 1. The highest BCUT2D eigenvalue weighted by atomic mass is 32.2. The van der Waals surface area contributed by atoms with Gasteiger partial charge in [0, 0.05) is 13.0 Å². The molecule has 0 aromatic heterocycles. The van der Waals surface area contributed by atoms with Crippen LogP contribution in [0.25, 0.3) is 0 Å². The highest BCUT2D eigenvalue weighted by Crippen LogP contribution is 2.15. The minimum Gasteiger partial charge on any atom is -0.388 e. The Morgan fingerprint density at radius 3 is 2.72 bits per heavy atom. The highest BCUT2D eigenvalue weighted by Gasteiger charge is 2.16. The third-order valence-corrected chi connectivity index (χ3v) is 3.96. The quantitative estimate of drug-likeness (QED) is 0.412. The summed E-state index contributed by atoms with van der Waals surface area (Å²) in [5, 5.41) is 7.01. The fourth-order valence-corrected chi connectivity index (χ4v) is 2.78. The summed E-state index contributed by atoms with van der Waals surface area (Å²) < 4.78 is 39.0. The molecule has 1 rings (SSSR count). The normalized spacial score (nSPS) is 11.4. The van der Waals surface area contributed by atoms with Gasteiger partial charge in [0.2, 0.25) is 10.0 Å². The average molecular weight is 273 g/mol. The Hall–Kier alpha value is -1.47. The number of sulfonamides is 1. The Balaban J connectivity index is 2.71. The van der Waals surface area contributed by atoms with E-state index >= 15 is 0 Å². The second-order valence-corrected chi connectivity index (χ2v) is 5.67. The maximum atomic E-state index is 12.9. The Kier molecular flexibility index (Phi) is 4.80. The summed E-state index contributed by atoms with van der Waals surface area (Å²) in [4.78, 5) is 0.0618. The summed E-state index contributed by atoms with van der Waals surface area (Å²) in [7, 11) is -3.63. The van der Waals surface area contributed by atoms with Crippen molar-refractivity contribution < 1.29 is 12.8 Å². The Morgan fingerprint density at radius 2 is 2.17 bits per heavy atom. The molecule has 0 amide bonds. The van der Waals surface area contributed by atoms with Crippen LogP contribution in [0.2, 0.25) is 0 Å². The molecule has 7 heteroatoms. The molecule has 0 saturated heterocycles. The third kappa shape index (κ3) is 4.08. The number of amidine groups is 1. The zero-order valence-electron chi connectivity index (χ0n) is 10.0. The lowest BCUT2D eigenvalue weighted by atomic mass is 10.2. The average Bonchev–Trinajstić information content (AvgIpc) is 2.23. The van der Waals surface area contributed by atoms with Crippen LogP contribution in [-0.2, 0) is 10.0 Å². The minimum atomic E-state index is -3.63. The molecule has 1 aromatic carbocycles. The molecular formula is C11H16FN3O2S. The van der Waals surface area contributed by atoms with Gasteiger partial charge in [0.15, 0.2) is 0 Å². The molecular weight excluding hydrogens is 257 g/mol. The van der Waals surface area contributed by atoms with Gasteiger partial charge in [0.1, 0.15) is 5.82 Å². The van der Waals surface area contributed by atoms with Crippen molar-refractivity contribution in [1.29, 1.82) is 5.41 Å². The summed E-state index contributed by atoms with van der Waals surface area (Å²) >= 11 is 0. The monoisotopic (exact) mass is 273 g/mol. The summed E-state index contributed by atoms with van der Waals surface area (Å²) in [6.07, 6.45) is 0.791. The van der Waals surface area contributed by atoms with E-state index in [0.717, 1.165) is 6.07 Å². The first-order chi connectivity index (χ1) is 8.33. The van der Waals surface area contributed by atoms with Gasteiger partial charge in [-0.2, -0.15) is 0 Å². The van der Waals surface area contributed by atoms with Crippen LogP contribution in [0.3, 0.4) is 0 Å². The van der Waals surface area contributed by atoms with Crippen LogP contribution in [0.15, 0.2) is 23.1 Å². The second kappa shape index (κ2) is 5.92. The molecule has 0 aliphatic rings. The van der Waals surface area contributed by atoms with Crippen molar-refractivity contribution in [3.63, 3.8) is 0 Å². The lowest BCUT2D eigenvalue weighted by molar-refractivity contribution is 0.578. The summed E-state index contributed by atoms with van der Waals surface area (Å²) in [5.41, 5.74) is 5.51. The van der Waals surface area contributed by atoms with Crippen molar-refractivity contribution in [2.75, 3.05) is 6.54 Å². The van der Waals surface area contributed by atoms with Crippen LogP contribution in [0.4, 0.5) is 4.39 Å². The molecule has 4 N–H and O–H groups in total. The van der Waals surface area contributed by atoms with E-state index in [4.69, 9.17) is 11.1 Å². The fourth-order valence-electron chi connectivity index (χ4n) is 1.48. The zero-order chi connectivity index (χ0) is 13.8. The second-order valence-electron chi connectivity index (χ2n) is 3.94. The van der Waals surface area contributed by atoms with Gasteiger partial charge >= 0.3 is 0 Å². The van der Waals surface area contributed by atoms with Gasteiger partial charge in [-0.25, -0.2) is 17.5 Å². The first kappa shape index (κ1) is 14.6. The number of nitrogens with two attached hydrogens (primary N) is 1. The Morgan fingerprint density at radius 1 is 1.50 bits per heavy atom. The van der Waals surface area contributed by atoms with E-state index in [2.05, 4.69) is 4.72 Å². The van der Waals surface area contributed by atoms with E-state index in [1.165, 1.54) is 19.1 Å². The van der Waals surface area contributed by atoms with Crippen LogP contribution in [-0.4, -0.2) is 20.8 Å². The van der Waals surface area contributed by atoms with Gasteiger partial charge in [0.05, 0.1) is 10.7 Å². The molecule has 0 bridgehead atoms. The maximum Gasteiger partial charge on any atom is 0.240 e. The van der Waals surface area contributed by atoms with Crippen molar-refractivity contribution in [3.05, 3.63) is 29.6 Å². The molecule has 0 aliphatic heterocycles. The molecule has 100 valence electrons. The van der Waals surface area contributed by atoms with Crippen LogP contribution < -0.4 is 10.5 Å².